The van der Waals surface area contributed by atoms with Crippen molar-refractivity contribution >= 4 is 17.4 Å². The normalized spacial score (nSPS) is 18.6. The molecule has 3 rings (SSSR count). The summed E-state index contributed by atoms with van der Waals surface area (Å²) in [5.41, 5.74) is 1.06. The van der Waals surface area contributed by atoms with E-state index in [1.807, 2.05) is 6.07 Å². The van der Waals surface area contributed by atoms with Crippen molar-refractivity contribution < 1.29 is 9.53 Å². The Morgan fingerprint density at radius 2 is 2.04 bits per heavy atom. The van der Waals surface area contributed by atoms with Crippen LogP contribution in [-0.2, 0) is 9.53 Å². The lowest BCUT2D eigenvalue weighted by atomic mass is 10.0. The third-order valence-corrected chi connectivity index (χ3v) is 4.72. The number of carbonyl (C=O) groups is 1. The quantitative estimate of drug-likeness (QED) is 0.735. The molecule has 7 heteroatoms. The summed E-state index contributed by atoms with van der Waals surface area (Å²) >= 11 is 0. The SMILES string of the molecule is O=C(CC1CCCC1)NCCNc1cc(N2CCOCC2)cnn1. The highest BCUT2D eigenvalue weighted by molar-refractivity contribution is 5.76. The minimum atomic E-state index is 0.164. The first-order chi connectivity index (χ1) is 11.8. The van der Waals surface area contributed by atoms with Crippen LogP contribution in [0.15, 0.2) is 12.3 Å². The summed E-state index contributed by atoms with van der Waals surface area (Å²) in [4.78, 5) is 14.1. The van der Waals surface area contributed by atoms with Crippen LogP contribution >= 0.6 is 0 Å². The van der Waals surface area contributed by atoms with Crippen LogP contribution in [0.4, 0.5) is 11.5 Å². The van der Waals surface area contributed by atoms with Gasteiger partial charge in [-0.05, 0) is 18.8 Å². The maximum absolute atomic E-state index is 11.9. The Balaban J connectivity index is 1.37. The van der Waals surface area contributed by atoms with Crippen molar-refractivity contribution in [2.75, 3.05) is 49.6 Å². The van der Waals surface area contributed by atoms with Crippen LogP contribution in [0.25, 0.3) is 0 Å². The highest BCUT2D eigenvalue weighted by Gasteiger charge is 2.18. The highest BCUT2D eigenvalue weighted by Crippen LogP contribution is 2.27. The molecule has 0 atom stereocenters. The van der Waals surface area contributed by atoms with Crippen molar-refractivity contribution in [3.8, 4) is 0 Å². The van der Waals surface area contributed by atoms with Gasteiger partial charge in [0.2, 0.25) is 5.91 Å². The van der Waals surface area contributed by atoms with Gasteiger partial charge in [-0.1, -0.05) is 12.8 Å². The molecule has 1 saturated carbocycles. The third kappa shape index (κ3) is 5.06. The van der Waals surface area contributed by atoms with Crippen molar-refractivity contribution in [1.29, 1.82) is 0 Å². The molecular formula is C17H27N5O2. The lowest BCUT2D eigenvalue weighted by molar-refractivity contribution is -0.121. The van der Waals surface area contributed by atoms with Gasteiger partial charge < -0.3 is 20.3 Å². The molecule has 1 saturated heterocycles. The zero-order valence-corrected chi connectivity index (χ0v) is 14.2. The fourth-order valence-corrected chi connectivity index (χ4v) is 3.38. The zero-order chi connectivity index (χ0) is 16.6. The van der Waals surface area contributed by atoms with Crippen LogP contribution in [0, 0.1) is 5.92 Å². The van der Waals surface area contributed by atoms with E-state index in [2.05, 4.69) is 25.7 Å². The molecule has 2 N–H and O–H groups in total. The number of nitrogens with one attached hydrogen (secondary N) is 2. The molecule has 0 spiro atoms. The maximum Gasteiger partial charge on any atom is 0.220 e. The van der Waals surface area contributed by atoms with Gasteiger partial charge in [0, 0.05) is 38.7 Å². The lowest BCUT2D eigenvalue weighted by Gasteiger charge is -2.28. The van der Waals surface area contributed by atoms with Crippen LogP contribution in [0.3, 0.4) is 0 Å². The van der Waals surface area contributed by atoms with Gasteiger partial charge in [0.25, 0.3) is 0 Å². The number of ether oxygens (including phenoxy) is 1. The molecule has 1 aliphatic carbocycles. The summed E-state index contributed by atoms with van der Waals surface area (Å²) in [6.45, 7) is 4.51. The van der Waals surface area contributed by atoms with Crippen LogP contribution < -0.4 is 15.5 Å². The van der Waals surface area contributed by atoms with Gasteiger partial charge >= 0.3 is 0 Å². The molecule has 24 heavy (non-hydrogen) atoms. The molecule has 0 aromatic carbocycles. The number of carbonyl (C=O) groups excluding carboxylic acids is 1. The molecule has 0 unspecified atom stereocenters. The summed E-state index contributed by atoms with van der Waals surface area (Å²) in [7, 11) is 0. The van der Waals surface area contributed by atoms with Gasteiger partial charge in [-0.25, -0.2) is 0 Å². The van der Waals surface area contributed by atoms with Crippen molar-refractivity contribution in [2.24, 2.45) is 5.92 Å². The van der Waals surface area contributed by atoms with Gasteiger partial charge in [0.1, 0.15) is 0 Å². The summed E-state index contributed by atoms with van der Waals surface area (Å²) in [5.74, 6) is 1.50. The lowest BCUT2D eigenvalue weighted by Crippen LogP contribution is -2.36. The fourth-order valence-electron chi connectivity index (χ4n) is 3.38. The van der Waals surface area contributed by atoms with E-state index < -0.39 is 0 Å². The van der Waals surface area contributed by atoms with E-state index in [4.69, 9.17) is 4.74 Å². The van der Waals surface area contributed by atoms with E-state index in [0.29, 0.717) is 25.4 Å². The summed E-state index contributed by atoms with van der Waals surface area (Å²) < 4.78 is 5.37. The van der Waals surface area contributed by atoms with Crippen LogP contribution in [0.1, 0.15) is 32.1 Å². The minimum absolute atomic E-state index is 0.164. The molecule has 1 aromatic heterocycles. The van der Waals surface area contributed by atoms with Crippen LogP contribution in [-0.4, -0.2) is 55.5 Å². The van der Waals surface area contributed by atoms with Gasteiger partial charge in [0.05, 0.1) is 25.1 Å². The third-order valence-electron chi connectivity index (χ3n) is 4.72. The molecule has 2 fully saturated rings. The Bertz CT molecular complexity index is 527. The van der Waals surface area contributed by atoms with Crippen molar-refractivity contribution in [2.45, 2.75) is 32.1 Å². The zero-order valence-electron chi connectivity index (χ0n) is 14.2. The first-order valence-electron chi connectivity index (χ1n) is 8.97. The Labute approximate surface area is 143 Å². The van der Waals surface area contributed by atoms with Crippen molar-refractivity contribution in [3.63, 3.8) is 0 Å². The number of morpholine rings is 1. The Hall–Kier alpha value is -1.89. The molecule has 2 heterocycles. The highest BCUT2D eigenvalue weighted by atomic mass is 16.5. The number of nitrogens with zero attached hydrogens (tertiary/aromatic N) is 3. The standard InChI is InChI=1S/C17H27N5O2/c23-17(11-14-3-1-2-4-14)19-6-5-18-16-12-15(13-20-21-16)22-7-9-24-10-8-22/h12-14H,1-11H2,(H,18,21)(H,19,23). The minimum Gasteiger partial charge on any atom is -0.378 e. The van der Waals surface area contributed by atoms with E-state index in [-0.39, 0.29) is 5.91 Å². The Morgan fingerprint density at radius 3 is 2.83 bits per heavy atom. The second kappa shape index (κ2) is 8.82. The number of anilines is 2. The second-order valence-electron chi connectivity index (χ2n) is 6.53. The Kier molecular flexibility index (Phi) is 6.23. The van der Waals surface area contributed by atoms with E-state index in [1.165, 1.54) is 25.7 Å². The summed E-state index contributed by atoms with van der Waals surface area (Å²) in [5, 5.41) is 14.4. The van der Waals surface area contributed by atoms with Gasteiger partial charge in [0.15, 0.2) is 5.82 Å². The molecule has 1 aliphatic heterocycles. The maximum atomic E-state index is 11.9. The number of rotatable bonds is 7. The molecular weight excluding hydrogens is 306 g/mol. The monoisotopic (exact) mass is 333 g/mol. The van der Waals surface area contributed by atoms with E-state index in [9.17, 15) is 4.79 Å². The van der Waals surface area contributed by atoms with Crippen LogP contribution in [0.2, 0.25) is 0 Å². The first-order valence-corrected chi connectivity index (χ1v) is 8.97. The van der Waals surface area contributed by atoms with Gasteiger partial charge in [-0.2, -0.15) is 5.10 Å². The summed E-state index contributed by atoms with van der Waals surface area (Å²) in [6, 6.07) is 2.00. The topological polar surface area (TPSA) is 79.4 Å². The van der Waals surface area contributed by atoms with E-state index in [1.54, 1.807) is 6.20 Å². The molecule has 132 valence electrons. The average Bonchev–Trinajstić information content (AvgIpc) is 3.13. The molecule has 0 radical (unpaired) electrons. The number of amides is 1. The molecule has 1 aromatic rings. The number of hydrogen-bond donors (Lipinski definition) is 2. The predicted molar refractivity (Wildman–Crippen MR) is 93.1 cm³/mol. The number of hydrogen-bond acceptors (Lipinski definition) is 6. The number of aromatic nitrogens is 2. The smallest absolute Gasteiger partial charge is 0.220 e. The van der Waals surface area contributed by atoms with E-state index >= 15 is 0 Å². The average molecular weight is 333 g/mol. The molecule has 7 nitrogen and oxygen atoms in total. The molecule has 2 aliphatic rings. The molecule has 1 amide bonds. The summed E-state index contributed by atoms with van der Waals surface area (Å²) in [6.07, 6.45) is 7.41. The van der Waals surface area contributed by atoms with Gasteiger partial charge in [-0.15, -0.1) is 5.10 Å². The predicted octanol–water partition coefficient (Wildman–Crippen LogP) is 1.42. The Morgan fingerprint density at radius 1 is 1.25 bits per heavy atom. The second-order valence-corrected chi connectivity index (χ2v) is 6.53. The van der Waals surface area contributed by atoms with Crippen molar-refractivity contribution in [1.82, 2.24) is 15.5 Å². The van der Waals surface area contributed by atoms with Crippen LogP contribution in [0.5, 0.6) is 0 Å². The van der Waals surface area contributed by atoms with E-state index in [0.717, 1.165) is 37.8 Å². The fraction of sp³-hybridized carbons (Fsp3) is 0.706. The largest absolute Gasteiger partial charge is 0.378 e. The first kappa shape index (κ1) is 17.0. The van der Waals surface area contributed by atoms with Gasteiger partial charge in [-0.3, -0.25) is 4.79 Å². The van der Waals surface area contributed by atoms with Crippen molar-refractivity contribution in [3.05, 3.63) is 12.3 Å². The molecule has 0 bridgehead atoms.